The average Bonchev–Trinajstić information content (AvgIpc) is 2.30. The zero-order chi connectivity index (χ0) is 13.4. The molecule has 8 heteroatoms. The van der Waals surface area contributed by atoms with Gasteiger partial charge >= 0.3 is 11.9 Å². The summed E-state index contributed by atoms with van der Waals surface area (Å²) in [6, 6.07) is 0. The Morgan fingerprint density at radius 3 is 1.67 bits per heavy atom. The van der Waals surface area contributed by atoms with Gasteiger partial charge in [-0.2, -0.15) is 0 Å². The van der Waals surface area contributed by atoms with Gasteiger partial charge in [0, 0.05) is 11.5 Å². The lowest BCUT2D eigenvalue weighted by molar-refractivity contribution is -0.142. The van der Waals surface area contributed by atoms with E-state index in [-0.39, 0.29) is 38.3 Å². The zero-order valence-corrected chi connectivity index (χ0v) is 11.4. The van der Waals surface area contributed by atoms with E-state index in [1.807, 2.05) is 0 Å². The van der Waals surface area contributed by atoms with Crippen LogP contribution in [0.1, 0.15) is 12.8 Å². The molecule has 0 spiro atoms. The first-order valence-corrected chi connectivity index (χ1v) is 7.99. The number of rotatable bonds is 8. The van der Waals surface area contributed by atoms with Gasteiger partial charge in [-0.3, -0.25) is 9.59 Å². The van der Waals surface area contributed by atoms with Crippen molar-refractivity contribution in [2.24, 2.45) is 0 Å². The molecule has 0 saturated carbocycles. The third kappa shape index (κ3) is 6.48. The van der Waals surface area contributed by atoms with Crippen LogP contribution in [0, 0.1) is 0 Å². The van der Waals surface area contributed by atoms with Gasteiger partial charge in [-0.25, -0.2) is 0 Å². The maximum absolute atomic E-state index is 10.4. The second-order valence-electron chi connectivity index (χ2n) is 3.67. The predicted molar refractivity (Wildman–Crippen MR) is 68.9 cm³/mol. The molecule has 0 aromatic heterocycles. The van der Waals surface area contributed by atoms with Crippen molar-refractivity contribution in [2.75, 3.05) is 24.7 Å². The van der Waals surface area contributed by atoms with Gasteiger partial charge in [0.25, 0.3) is 0 Å². The van der Waals surface area contributed by atoms with Crippen LogP contribution in [0.4, 0.5) is 0 Å². The molecule has 0 bridgehead atoms. The SMILES string of the molecule is O=C(O)CCO[C@@H]1CSSC[C@H]1OCCC(=O)O. The van der Waals surface area contributed by atoms with E-state index in [2.05, 4.69) is 0 Å². The van der Waals surface area contributed by atoms with Crippen LogP contribution in [0.15, 0.2) is 0 Å². The van der Waals surface area contributed by atoms with E-state index in [0.717, 1.165) is 11.5 Å². The topological polar surface area (TPSA) is 93.1 Å². The molecule has 0 aromatic carbocycles. The second kappa shape index (κ2) is 8.63. The van der Waals surface area contributed by atoms with Crippen LogP contribution in [-0.2, 0) is 19.1 Å². The van der Waals surface area contributed by atoms with Crippen LogP contribution in [0.5, 0.6) is 0 Å². The van der Waals surface area contributed by atoms with Crippen LogP contribution in [0.2, 0.25) is 0 Å². The Bertz CT molecular complexity index is 258. The number of carbonyl (C=O) groups is 2. The normalized spacial score (nSPS) is 23.8. The summed E-state index contributed by atoms with van der Waals surface area (Å²) >= 11 is 0. The summed E-state index contributed by atoms with van der Waals surface area (Å²) in [6.07, 6.45) is -0.388. The number of hydrogen-bond acceptors (Lipinski definition) is 6. The van der Waals surface area contributed by atoms with Crippen molar-refractivity contribution in [1.29, 1.82) is 0 Å². The van der Waals surface area contributed by atoms with E-state index in [9.17, 15) is 9.59 Å². The smallest absolute Gasteiger partial charge is 0.305 e. The maximum atomic E-state index is 10.4. The molecule has 0 unspecified atom stereocenters. The molecule has 1 heterocycles. The maximum Gasteiger partial charge on any atom is 0.305 e. The van der Waals surface area contributed by atoms with E-state index in [4.69, 9.17) is 19.7 Å². The molecule has 2 atom stereocenters. The molecule has 6 nitrogen and oxygen atoms in total. The van der Waals surface area contributed by atoms with Gasteiger partial charge in [0.15, 0.2) is 0 Å². The zero-order valence-electron chi connectivity index (χ0n) is 9.74. The molecule has 0 aliphatic carbocycles. The first-order chi connectivity index (χ1) is 8.59. The molecule has 0 aromatic rings. The van der Waals surface area contributed by atoms with Crippen LogP contribution in [-0.4, -0.2) is 59.1 Å². The molecule has 0 radical (unpaired) electrons. The highest BCUT2D eigenvalue weighted by Crippen LogP contribution is 2.32. The molecule has 1 rings (SSSR count). The third-order valence-corrected chi connectivity index (χ3v) is 4.67. The minimum Gasteiger partial charge on any atom is -0.481 e. The summed E-state index contributed by atoms with van der Waals surface area (Å²) < 4.78 is 11.0. The fraction of sp³-hybridized carbons (Fsp3) is 0.800. The van der Waals surface area contributed by atoms with Gasteiger partial charge in [-0.1, -0.05) is 21.6 Å². The van der Waals surface area contributed by atoms with Crippen molar-refractivity contribution in [3.05, 3.63) is 0 Å². The lowest BCUT2D eigenvalue weighted by Gasteiger charge is -2.30. The third-order valence-electron chi connectivity index (χ3n) is 2.26. The number of carboxylic acid groups (broad SMARTS) is 2. The first-order valence-electron chi connectivity index (χ1n) is 5.51. The van der Waals surface area contributed by atoms with E-state index in [0.29, 0.717) is 0 Å². The summed E-state index contributed by atoms with van der Waals surface area (Å²) in [7, 11) is 3.31. The number of ether oxygens (including phenoxy) is 2. The highest BCUT2D eigenvalue weighted by atomic mass is 33.1. The summed E-state index contributed by atoms with van der Waals surface area (Å²) in [5.41, 5.74) is 0. The summed E-state index contributed by atoms with van der Waals surface area (Å²) in [5, 5.41) is 17.1. The van der Waals surface area contributed by atoms with E-state index in [1.165, 1.54) is 0 Å². The largest absolute Gasteiger partial charge is 0.481 e. The Kier molecular flexibility index (Phi) is 7.48. The van der Waals surface area contributed by atoms with E-state index in [1.54, 1.807) is 21.6 Å². The van der Waals surface area contributed by atoms with Crippen molar-refractivity contribution < 1.29 is 29.3 Å². The number of aliphatic carboxylic acids is 2. The number of carboxylic acids is 2. The van der Waals surface area contributed by atoms with Crippen molar-refractivity contribution in [2.45, 2.75) is 25.0 Å². The van der Waals surface area contributed by atoms with Gasteiger partial charge in [-0.05, 0) is 0 Å². The predicted octanol–water partition coefficient (Wildman–Crippen LogP) is 1.10. The molecule has 104 valence electrons. The fourth-order valence-corrected chi connectivity index (χ4v) is 3.82. The lowest BCUT2D eigenvalue weighted by Crippen LogP contribution is -2.38. The van der Waals surface area contributed by atoms with Crippen molar-refractivity contribution in [1.82, 2.24) is 0 Å². The minimum absolute atomic E-state index is 0.0316. The van der Waals surface area contributed by atoms with Crippen LogP contribution in [0.25, 0.3) is 0 Å². The summed E-state index contributed by atoms with van der Waals surface area (Å²) in [4.78, 5) is 20.8. The summed E-state index contributed by atoms with van der Waals surface area (Å²) in [5.74, 6) is -0.336. The molecule has 2 N–H and O–H groups in total. The van der Waals surface area contributed by atoms with Gasteiger partial charge < -0.3 is 19.7 Å². The fourth-order valence-electron chi connectivity index (χ4n) is 1.35. The Morgan fingerprint density at radius 1 is 0.944 bits per heavy atom. The molecule has 1 saturated heterocycles. The molecule has 1 aliphatic rings. The van der Waals surface area contributed by atoms with Gasteiger partial charge in [0.05, 0.1) is 38.3 Å². The highest BCUT2D eigenvalue weighted by molar-refractivity contribution is 8.76. The Hall–Kier alpha value is -0.440. The van der Waals surface area contributed by atoms with Gasteiger partial charge in [0.2, 0.25) is 0 Å². The lowest BCUT2D eigenvalue weighted by atomic mass is 10.2. The number of hydrogen-bond donors (Lipinski definition) is 2. The Balaban J connectivity index is 2.27. The standard InChI is InChI=1S/C10H16O6S2/c11-9(12)1-3-15-7-5-17-18-6-8(7)16-4-2-10(13)14/h7-8H,1-6H2,(H,11,12)(H,13,14)/t7-,8-/m1/s1. The van der Waals surface area contributed by atoms with Crippen molar-refractivity contribution >= 4 is 33.5 Å². The summed E-state index contributed by atoms with van der Waals surface area (Å²) in [6.45, 7) is 0.314. The van der Waals surface area contributed by atoms with Gasteiger partial charge in [0.1, 0.15) is 0 Å². The molecule has 1 aliphatic heterocycles. The quantitative estimate of drug-likeness (QED) is 0.643. The average molecular weight is 296 g/mol. The monoisotopic (exact) mass is 296 g/mol. The molecular weight excluding hydrogens is 280 g/mol. The van der Waals surface area contributed by atoms with Crippen LogP contribution in [0.3, 0.4) is 0 Å². The van der Waals surface area contributed by atoms with Crippen molar-refractivity contribution in [3.63, 3.8) is 0 Å². The van der Waals surface area contributed by atoms with Crippen molar-refractivity contribution in [3.8, 4) is 0 Å². The second-order valence-corrected chi connectivity index (χ2v) is 6.23. The van der Waals surface area contributed by atoms with Crippen LogP contribution < -0.4 is 0 Å². The molecule has 18 heavy (non-hydrogen) atoms. The van der Waals surface area contributed by atoms with E-state index < -0.39 is 11.9 Å². The van der Waals surface area contributed by atoms with Crippen LogP contribution >= 0.6 is 21.6 Å². The minimum atomic E-state index is -0.892. The van der Waals surface area contributed by atoms with Gasteiger partial charge in [-0.15, -0.1) is 0 Å². The highest BCUT2D eigenvalue weighted by Gasteiger charge is 2.27. The van der Waals surface area contributed by atoms with E-state index >= 15 is 0 Å². The molecular formula is C10H16O6S2. The molecule has 0 amide bonds. The molecule has 1 fully saturated rings. The Morgan fingerprint density at radius 2 is 1.33 bits per heavy atom. The Labute approximate surface area is 113 Å². The first kappa shape index (κ1) is 15.6.